The summed E-state index contributed by atoms with van der Waals surface area (Å²) in [6.07, 6.45) is 3.81. The Balaban J connectivity index is 1.69. The van der Waals surface area contributed by atoms with Crippen molar-refractivity contribution >= 4 is 5.91 Å². The number of aryl methyl sites for hydroxylation is 1. The normalized spacial score (nSPS) is 20.2. The van der Waals surface area contributed by atoms with Crippen molar-refractivity contribution in [2.75, 3.05) is 13.1 Å². The molecule has 1 saturated heterocycles. The van der Waals surface area contributed by atoms with Crippen LogP contribution in [0.2, 0.25) is 0 Å². The summed E-state index contributed by atoms with van der Waals surface area (Å²) in [5, 5.41) is 9.87. The van der Waals surface area contributed by atoms with Gasteiger partial charge in [0.1, 0.15) is 0 Å². The molecule has 2 rings (SSSR count). The van der Waals surface area contributed by atoms with Crippen molar-refractivity contribution in [3.63, 3.8) is 0 Å². The Kier molecular flexibility index (Phi) is 4.08. The van der Waals surface area contributed by atoms with E-state index in [4.69, 9.17) is 4.52 Å². The molecule has 2 N–H and O–H groups in total. The fourth-order valence-electron chi connectivity index (χ4n) is 1.94. The SMILES string of the molecule is Cc1nc(CCNC(=O)[C@@H]2CCCCN2)no1. The van der Waals surface area contributed by atoms with Gasteiger partial charge in [0, 0.05) is 19.9 Å². The molecule has 6 nitrogen and oxygen atoms in total. The van der Waals surface area contributed by atoms with E-state index in [0.717, 1.165) is 25.8 Å². The molecule has 1 aliphatic heterocycles. The summed E-state index contributed by atoms with van der Waals surface area (Å²) in [7, 11) is 0. The number of carbonyl (C=O) groups excluding carboxylic acids is 1. The molecule has 1 aromatic rings. The lowest BCUT2D eigenvalue weighted by molar-refractivity contribution is -0.123. The fraction of sp³-hybridized carbons (Fsp3) is 0.727. The van der Waals surface area contributed by atoms with E-state index in [1.807, 2.05) is 0 Å². The summed E-state index contributed by atoms with van der Waals surface area (Å²) in [6, 6.07) is -0.0317. The molecule has 94 valence electrons. The smallest absolute Gasteiger partial charge is 0.237 e. The van der Waals surface area contributed by atoms with Gasteiger partial charge in [-0.1, -0.05) is 11.6 Å². The number of piperidine rings is 1. The van der Waals surface area contributed by atoms with Crippen molar-refractivity contribution in [2.45, 2.75) is 38.6 Å². The molecular formula is C11H18N4O2. The van der Waals surface area contributed by atoms with Crippen LogP contribution in [0.25, 0.3) is 0 Å². The van der Waals surface area contributed by atoms with Crippen LogP contribution in [-0.4, -0.2) is 35.2 Å². The van der Waals surface area contributed by atoms with Gasteiger partial charge in [-0.3, -0.25) is 4.79 Å². The first kappa shape index (κ1) is 12.0. The van der Waals surface area contributed by atoms with Gasteiger partial charge in [-0.05, 0) is 19.4 Å². The molecule has 1 amide bonds. The fourth-order valence-corrected chi connectivity index (χ4v) is 1.94. The Morgan fingerprint density at radius 1 is 1.59 bits per heavy atom. The van der Waals surface area contributed by atoms with Crippen LogP contribution in [0.3, 0.4) is 0 Å². The van der Waals surface area contributed by atoms with Crippen molar-refractivity contribution in [1.82, 2.24) is 20.8 Å². The summed E-state index contributed by atoms with van der Waals surface area (Å²) in [4.78, 5) is 15.8. The molecule has 1 fully saturated rings. The number of aromatic nitrogens is 2. The van der Waals surface area contributed by atoms with Gasteiger partial charge in [-0.25, -0.2) is 0 Å². The van der Waals surface area contributed by atoms with Gasteiger partial charge in [0.15, 0.2) is 5.82 Å². The van der Waals surface area contributed by atoms with Crippen LogP contribution in [-0.2, 0) is 11.2 Å². The van der Waals surface area contributed by atoms with Crippen LogP contribution < -0.4 is 10.6 Å². The third-order valence-corrected chi connectivity index (χ3v) is 2.84. The van der Waals surface area contributed by atoms with Crippen LogP contribution >= 0.6 is 0 Å². The number of rotatable bonds is 4. The monoisotopic (exact) mass is 238 g/mol. The second-order valence-electron chi connectivity index (χ2n) is 4.27. The van der Waals surface area contributed by atoms with Crippen LogP contribution in [0.5, 0.6) is 0 Å². The lowest BCUT2D eigenvalue weighted by Gasteiger charge is -2.22. The minimum atomic E-state index is -0.0317. The largest absolute Gasteiger partial charge is 0.354 e. The van der Waals surface area contributed by atoms with E-state index >= 15 is 0 Å². The maximum Gasteiger partial charge on any atom is 0.237 e. The molecule has 0 aromatic carbocycles. The standard InChI is InChI=1S/C11H18N4O2/c1-8-14-10(15-17-8)5-7-13-11(16)9-4-2-3-6-12-9/h9,12H,2-7H2,1H3,(H,13,16)/t9-/m0/s1. The maximum atomic E-state index is 11.8. The molecule has 1 aliphatic rings. The summed E-state index contributed by atoms with van der Waals surface area (Å²) in [5.74, 6) is 1.27. The third kappa shape index (κ3) is 3.52. The molecule has 0 unspecified atom stereocenters. The zero-order valence-electron chi connectivity index (χ0n) is 10.0. The number of hydrogen-bond acceptors (Lipinski definition) is 5. The Morgan fingerprint density at radius 2 is 2.47 bits per heavy atom. The molecule has 0 radical (unpaired) electrons. The summed E-state index contributed by atoms with van der Waals surface area (Å²) < 4.78 is 4.85. The van der Waals surface area contributed by atoms with Gasteiger partial charge in [0.05, 0.1) is 6.04 Å². The average Bonchev–Trinajstić information content (AvgIpc) is 2.76. The number of hydrogen-bond donors (Lipinski definition) is 2. The number of carbonyl (C=O) groups is 1. The first-order chi connectivity index (χ1) is 8.25. The highest BCUT2D eigenvalue weighted by Crippen LogP contribution is 2.06. The number of nitrogens with one attached hydrogen (secondary N) is 2. The van der Waals surface area contributed by atoms with E-state index in [1.165, 1.54) is 0 Å². The summed E-state index contributed by atoms with van der Waals surface area (Å²) in [5.41, 5.74) is 0. The van der Waals surface area contributed by atoms with E-state index in [9.17, 15) is 4.79 Å². The summed E-state index contributed by atoms with van der Waals surface area (Å²) >= 11 is 0. The Morgan fingerprint density at radius 3 is 3.12 bits per heavy atom. The minimum absolute atomic E-state index is 0.0317. The summed E-state index contributed by atoms with van der Waals surface area (Å²) in [6.45, 7) is 3.24. The van der Waals surface area contributed by atoms with Gasteiger partial charge >= 0.3 is 0 Å². The van der Waals surface area contributed by atoms with E-state index in [-0.39, 0.29) is 11.9 Å². The molecule has 6 heteroatoms. The molecule has 0 bridgehead atoms. The van der Waals surface area contributed by atoms with Crippen LogP contribution in [0, 0.1) is 6.92 Å². The van der Waals surface area contributed by atoms with Gasteiger partial charge in [-0.15, -0.1) is 0 Å². The third-order valence-electron chi connectivity index (χ3n) is 2.84. The van der Waals surface area contributed by atoms with E-state index in [1.54, 1.807) is 6.92 Å². The Bertz CT molecular complexity index is 371. The van der Waals surface area contributed by atoms with Crippen LogP contribution in [0.4, 0.5) is 0 Å². The van der Waals surface area contributed by atoms with E-state index in [0.29, 0.717) is 24.7 Å². The minimum Gasteiger partial charge on any atom is -0.354 e. The Labute approximate surface area is 100 Å². The maximum absolute atomic E-state index is 11.8. The van der Waals surface area contributed by atoms with Crippen molar-refractivity contribution in [2.24, 2.45) is 0 Å². The predicted octanol–water partition coefficient (Wildman–Crippen LogP) is 0.179. The molecule has 0 saturated carbocycles. The van der Waals surface area contributed by atoms with Crippen molar-refractivity contribution in [3.05, 3.63) is 11.7 Å². The highest BCUT2D eigenvalue weighted by atomic mass is 16.5. The van der Waals surface area contributed by atoms with Crippen molar-refractivity contribution in [1.29, 1.82) is 0 Å². The second-order valence-corrected chi connectivity index (χ2v) is 4.27. The second kappa shape index (κ2) is 5.77. The van der Waals surface area contributed by atoms with Crippen LogP contribution in [0.15, 0.2) is 4.52 Å². The quantitative estimate of drug-likeness (QED) is 0.782. The zero-order chi connectivity index (χ0) is 12.1. The van der Waals surface area contributed by atoms with E-state index < -0.39 is 0 Å². The number of nitrogens with zero attached hydrogens (tertiary/aromatic N) is 2. The van der Waals surface area contributed by atoms with Gasteiger partial charge in [-0.2, -0.15) is 4.98 Å². The van der Waals surface area contributed by atoms with Gasteiger partial charge < -0.3 is 15.2 Å². The lowest BCUT2D eigenvalue weighted by atomic mass is 10.0. The topological polar surface area (TPSA) is 80.0 Å². The van der Waals surface area contributed by atoms with Gasteiger partial charge in [0.25, 0.3) is 0 Å². The predicted molar refractivity (Wildman–Crippen MR) is 61.4 cm³/mol. The van der Waals surface area contributed by atoms with E-state index in [2.05, 4.69) is 20.8 Å². The molecular weight excluding hydrogens is 220 g/mol. The van der Waals surface area contributed by atoms with Gasteiger partial charge in [0.2, 0.25) is 11.8 Å². The highest BCUT2D eigenvalue weighted by molar-refractivity contribution is 5.81. The molecule has 0 spiro atoms. The van der Waals surface area contributed by atoms with Crippen molar-refractivity contribution in [3.8, 4) is 0 Å². The van der Waals surface area contributed by atoms with Crippen LogP contribution in [0.1, 0.15) is 31.0 Å². The molecule has 17 heavy (non-hydrogen) atoms. The molecule has 1 aromatic heterocycles. The first-order valence-corrected chi connectivity index (χ1v) is 6.06. The molecule has 1 atom stereocenters. The Hall–Kier alpha value is -1.43. The lowest BCUT2D eigenvalue weighted by Crippen LogP contribution is -2.47. The molecule has 2 heterocycles. The first-order valence-electron chi connectivity index (χ1n) is 6.06. The molecule has 0 aliphatic carbocycles. The highest BCUT2D eigenvalue weighted by Gasteiger charge is 2.19. The zero-order valence-corrected chi connectivity index (χ0v) is 10.0. The average molecular weight is 238 g/mol. The number of amides is 1. The van der Waals surface area contributed by atoms with Crippen molar-refractivity contribution < 1.29 is 9.32 Å².